The Morgan fingerprint density at radius 1 is 0.768 bits per heavy atom. The Labute approximate surface area is 325 Å². The number of aliphatic hydroxyl groups is 2. The van der Waals surface area contributed by atoms with E-state index in [1.54, 1.807) is 20.0 Å². The largest absolute Gasteiger partial charge is 0.480 e. The van der Waals surface area contributed by atoms with Gasteiger partial charge in [0.05, 0.1) is 19.8 Å². The maximum absolute atomic E-state index is 13.9. The number of carbonyl (C=O) groups excluding carboxylic acids is 6. The van der Waals surface area contributed by atoms with Crippen LogP contribution in [0.5, 0.6) is 0 Å². The fraction of sp³-hybridized carbons (Fsp3) is 0.595. The van der Waals surface area contributed by atoms with Crippen LogP contribution in [0.2, 0.25) is 0 Å². The molecule has 0 aliphatic heterocycles. The first-order valence-corrected chi connectivity index (χ1v) is 18.8. The number of H-pyrrole nitrogens is 1. The van der Waals surface area contributed by atoms with Crippen molar-refractivity contribution in [3.63, 3.8) is 0 Å². The van der Waals surface area contributed by atoms with Crippen LogP contribution in [0.25, 0.3) is 10.9 Å². The number of para-hydroxylation sites is 1. The van der Waals surface area contributed by atoms with Crippen molar-refractivity contribution in [2.75, 3.05) is 26.3 Å². The molecule has 56 heavy (non-hydrogen) atoms. The summed E-state index contributed by atoms with van der Waals surface area (Å²) in [5.74, 6) is -6.50. The Morgan fingerprint density at radius 2 is 1.39 bits per heavy atom. The van der Waals surface area contributed by atoms with Gasteiger partial charge < -0.3 is 63.7 Å². The Hall–Kier alpha value is -5.11. The number of hydrogen-bond acceptors (Lipinski definition) is 11. The second-order valence-corrected chi connectivity index (χ2v) is 14.2. The number of carboxylic acids is 1. The maximum Gasteiger partial charge on any atom is 0.326 e. The van der Waals surface area contributed by atoms with Crippen LogP contribution in [-0.2, 0) is 40.0 Å². The second kappa shape index (κ2) is 23.7. The van der Waals surface area contributed by atoms with Crippen molar-refractivity contribution in [3.8, 4) is 0 Å². The first kappa shape index (κ1) is 47.0. The highest BCUT2D eigenvalue weighted by molar-refractivity contribution is 5.96. The third-order valence-electron chi connectivity index (χ3n) is 9.22. The highest BCUT2D eigenvalue weighted by Crippen LogP contribution is 2.20. The van der Waals surface area contributed by atoms with Gasteiger partial charge in [0.2, 0.25) is 35.4 Å². The van der Waals surface area contributed by atoms with E-state index in [1.165, 1.54) is 0 Å². The SMILES string of the molecule is CC[C@H](C)[C@H](NC(=O)CNC(=O)[C@H](CCCCN)NC(=O)[C@H](CO)NC(=O)[C@@H](N)CO)C(=O)N[C@@H](Cc1c[nH]c2ccccc12)C(=O)N[C@@H](CC(C)C)C(=O)O. The summed E-state index contributed by atoms with van der Waals surface area (Å²) < 4.78 is 0. The summed E-state index contributed by atoms with van der Waals surface area (Å²) in [6.45, 7) is 5.31. The van der Waals surface area contributed by atoms with Gasteiger partial charge in [-0.3, -0.25) is 28.8 Å². The van der Waals surface area contributed by atoms with E-state index in [1.807, 2.05) is 38.1 Å². The molecule has 0 saturated heterocycles. The van der Waals surface area contributed by atoms with Crippen molar-refractivity contribution in [3.05, 3.63) is 36.0 Å². The molecule has 19 nitrogen and oxygen atoms in total. The molecule has 1 aromatic heterocycles. The number of aliphatic hydroxyl groups excluding tert-OH is 2. The van der Waals surface area contributed by atoms with E-state index in [0.29, 0.717) is 31.4 Å². The molecule has 0 spiro atoms. The van der Waals surface area contributed by atoms with Crippen LogP contribution in [-0.4, -0.2) is 124 Å². The molecule has 19 heteroatoms. The number of fused-ring (bicyclic) bond motifs is 1. The molecule has 0 unspecified atom stereocenters. The minimum atomic E-state index is -1.49. The van der Waals surface area contributed by atoms with Crippen molar-refractivity contribution in [1.29, 1.82) is 0 Å². The van der Waals surface area contributed by atoms with Crippen LogP contribution in [0.4, 0.5) is 0 Å². The number of nitrogens with two attached hydrogens (primary N) is 2. The Morgan fingerprint density at radius 3 is 2.00 bits per heavy atom. The van der Waals surface area contributed by atoms with E-state index in [9.17, 15) is 43.8 Å². The molecule has 7 atom stereocenters. The molecule has 0 radical (unpaired) electrons. The summed E-state index contributed by atoms with van der Waals surface area (Å²) >= 11 is 0. The molecular formula is C37H59N9O10. The van der Waals surface area contributed by atoms with Crippen LogP contribution in [0.1, 0.15) is 65.4 Å². The zero-order chi connectivity index (χ0) is 41.9. The van der Waals surface area contributed by atoms with Gasteiger partial charge in [-0.2, -0.15) is 0 Å². The highest BCUT2D eigenvalue weighted by Gasteiger charge is 2.33. The lowest BCUT2D eigenvalue weighted by Gasteiger charge is -2.27. The average molecular weight is 790 g/mol. The average Bonchev–Trinajstić information content (AvgIpc) is 3.58. The predicted octanol–water partition coefficient (Wildman–Crippen LogP) is -2.13. The molecule has 2 aromatic rings. The molecule has 2 rings (SSSR count). The number of aliphatic carboxylic acids is 1. The van der Waals surface area contributed by atoms with Gasteiger partial charge in [0.25, 0.3) is 0 Å². The van der Waals surface area contributed by atoms with E-state index < -0.39 is 103 Å². The van der Waals surface area contributed by atoms with Crippen LogP contribution < -0.4 is 43.4 Å². The maximum atomic E-state index is 13.9. The summed E-state index contributed by atoms with van der Waals surface area (Å²) in [5.41, 5.74) is 12.5. The summed E-state index contributed by atoms with van der Waals surface area (Å²) in [7, 11) is 0. The van der Waals surface area contributed by atoms with Crippen LogP contribution in [0, 0.1) is 11.8 Å². The number of aromatic nitrogens is 1. The first-order chi connectivity index (χ1) is 26.6. The Kier molecular flexibility index (Phi) is 19.9. The van der Waals surface area contributed by atoms with Gasteiger partial charge in [-0.25, -0.2) is 4.79 Å². The standard InChI is InChI=1S/C37H59N9O10/c1-5-21(4)31(46-30(49)17-41-33(51)26(12-8-9-13-38)42-35(53)29(19-48)45-32(50)24(39)18-47)36(54)43-27(34(52)44-28(37(55)56)14-20(2)3)15-22-16-40-25-11-7-6-10-23(22)25/h6-7,10-11,16,20-21,24,26-29,31,40,47-48H,5,8-9,12-15,17-19,38-39H2,1-4H3,(H,41,51)(H,42,53)(H,43,54)(H,44,52)(H,45,50)(H,46,49)(H,55,56)/t21-,24-,26-,27-,28-,29-,31-/m0/s1. The topological polar surface area (TPSA) is 320 Å². The molecule has 0 saturated carbocycles. The van der Waals surface area contributed by atoms with E-state index in [4.69, 9.17) is 16.6 Å². The lowest BCUT2D eigenvalue weighted by atomic mass is 9.96. The van der Waals surface area contributed by atoms with Gasteiger partial charge in [0, 0.05) is 23.5 Å². The number of benzene rings is 1. The molecular weight excluding hydrogens is 730 g/mol. The van der Waals surface area contributed by atoms with E-state index in [-0.39, 0.29) is 25.2 Å². The van der Waals surface area contributed by atoms with E-state index >= 15 is 0 Å². The number of carboxylic acid groups (broad SMARTS) is 1. The van der Waals surface area contributed by atoms with Crippen molar-refractivity contribution in [1.82, 2.24) is 36.9 Å². The number of hydrogen-bond donors (Lipinski definition) is 12. The van der Waals surface area contributed by atoms with Crippen molar-refractivity contribution < 1.29 is 48.9 Å². The van der Waals surface area contributed by atoms with Crippen LogP contribution in [0.3, 0.4) is 0 Å². The van der Waals surface area contributed by atoms with E-state index in [2.05, 4.69) is 36.9 Å². The zero-order valence-corrected chi connectivity index (χ0v) is 32.4. The lowest BCUT2D eigenvalue weighted by Crippen LogP contribution is -2.59. The third-order valence-corrected chi connectivity index (χ3v) is 9.22. The first-order valence-electron chi connectivity index (χ1n) is 18.8. The summed E-state index contributed by atoms with van der Waals surface area (Å²) in [5, 5.41) is 44.4. The number of amides is 6. The summed E-state index contributed by atoms with van der Waals surface area (Å²) in [6, 6.07) is -0.302. The molecule has 6 amide bonds. The molecule has 1 aromatic carbocycles. The molecule has 14 N–H and O–H groups in total. The monoisotopic (exact) mass is 789 g/mol. The Balaban J connectivity index is 2.23. The second-order valence-electron chi connectivity index (χ2n) is 14.2. The minimum absolute atomic E-state index is 0.000837. The Bertz CT molecular complexity index is 1630. The fourth-order valence-electron chi connectivity index (χ4n) is 5.76. The number of unbranched alkanes of at least 4 members (excludes halogenated alkanes) is 1. The van der Waals surface area contributed by atoms with Gasteiger partial charge in [0.1, 0.15) is 36.3 Å². The molecule has 0 aliphatic rings. The third kappa shape index (κ3) is 14.9. The van der Waals surface area contributed by atoms with Gasteiger partial charge >= 0.3 is 5.97 Å². The smallest absolute Gasteiger partial charge is 0.326 e. The number of rotatable bonds is 25. The quantitative estimate of drug-likeness (QED) is 0.0480. The lowest BCUT2D eigenvalue weighted by molar-refractivity contribution is -0.142. The number of carbonyl (C=O) groups is 7. The van der Waals surface area contributed by atoms with Crippen LogP contribution in [0.15, 0.2) is 30.5 Å². The molecule has 0 bridgehead atoms. The number of aromatic amines is 1. The van der Waals surface area contributed by atoms with Gasteiger partial charge in [-0.1, -0.05) is 52.3 Å². The minimum Gasteiger partial charge on any atom is -0.480 e. The van der Waals surface area contributed by atoms with Gasteiger partial charge in [-0.05, 0) is 55.7 Å². The van der Waals surface area contributed by atoms with E-state index in [0.717, 1.165) is 10.9 Å². The predicted molar refractivity (Wildman–Crippen MR) is 206 cm³/mol. The summed E-state index contributed by atoms with van der Waals surface area (Å²) in [6.07, 6.45) is 3.29. The number of nitrogens with one attached hydrogen (secondary N) is 7. The fourth-order valence-corrected chi connectivity index (χ4v) is 5.76. The summed E-state index contributed by atoms with van der Waals surface area (Å²) in [4.78, 5) is 94.1. The van der Waals surface area contributed by atoms with Gasteiger partial charge in [-0.15, -0.1) is 0 Å². The molecule has 0 fully saturated rings. The molecule has 1 heterocycles. The normalized spacial score (nSPS) is 15.0. The molecule has 0 aliphatic carbocycles. The zero-order valence-electron chi connectivity index (χ0n) is 32.4. The van der Waals surface area contributed by atoms with Gasteiger partial charge in [0.15, 0.2) is 0 Å². The van der Waals surface area contributed by atoms with Crippen LogP contribution >= 0.6 is 0 Å². The van der Waals surface area contributed by atoms with Crippen molar-refractivity contribution in [2.45, 2.75) is 102 Å². The highest BCUT2D eigenvalue weighted by atomic mass is 16.4. The molecule has 312 valence electrons. The van der Waals surface area contributed by atoms with Crippen molar-refractivity contribution in [2.24, 2.45) is 23.3 Å². The van der Waals surface area contributed by atoms with Crippen molar-refractivity contribution >= 4 is 52.3 Å².